The third-order valence-electron chi connectivity index (χ3n) is 2.95. The van der Waals surface area contributed by atoms with Crippen LogP contribution in [0.4, 0.5) is 5.69 Å². The van der Waals surface area contributed by atoms with E-state index < -0.39 is 4.92 Å². The number of hydrogen-bond donors (Lipinski definition) is 1. The van der Waals surface area contributed by atoms with Crippen molar-refractivity contribution in [3.05, 3.63) is 69.0 Å². The quantitative estimate of drug-likeness (QED) is 0.676. The molecule has 0 aliphatic carbocycles. The van der Waals surface area contributed by atoms with Crippen LogP contribution in [0.3, 0.4) is 0 Å². The van der Waals surface area contributed by atoms with Crippen LogP contribution in [0.1, 0.15) is 24.2 Å². The molecule has 1 N–H and O–H groups in total. The van der Waals surface area contributed by atoms with Gasteiger partial charge in [0, 0.05) is 24.8 Å². The maximum atomic E-state index is 10.8. The molecule has 2 aromatic rings. The molecule has 1 heterocycles. The SMILES string of the molecule is CC(NCc1ccc(Cl)c([N+](=O)[O-])c1)c1ccccn1. The summed E-state index contributed by atoms with van der Waals surface area (Å²) in [6.45, 7) is 2.50. The van der Waals surface area contributed by atoms with Gasteiger partial charge < -0.3 is 5.32 Å². The highest BCUT2D eigenvalue weighted by atomic mass is 35.5. The molecule has 1 aromatic carbocycles. The molecule has 2 rings (SSSR count). The molecule has 0 amide bonds. The number of nitrogens with one attached hydrogen (secondary N) is 1. The summed E-state index contributed by atoms with van der Waals surface area (Å²) in [4.78, 5) is 14.6. The highest BCUT2D eigenvalue weighted by Crippen LogP contribution is 2.25. The van der Waals surface area contributed by atoms with Crippen molar-refractivity contribution in [1.82, 2.24) is 10.3 Å². The lowest BCUT2D eigenvalue weighted by Gasteiger charge is -2.13. The molecule has 0 fully saturated rings. The van der Waals surface area contributed by atoms with Gasteiger partial charge in [-0.3, -0.25) is 15.1 Å². The van der Waals surface area contributed by atoms with Crippen LogP contribution in [-0.4, -0.2) is 9.91 Å². The molecule has 5 nitrogen and oxygen atoms in total. The maximum Gasteiger partial charge on any atom is 0.288 e. The molecule has 0 bridgehead atoms. The summed E-state index contributed by atoms with van der Waals surface area (Å²) in [6, 6.07) is 10.6. The van der Waals surface area contributed by atoms with Crippen molar-refractivity contribution in [3.8, 4) is 0 Å². The first-order valence-corrected chi connectivity index (χ1v) is 6.53. The molecule has 0 aliphatic rings. The van der Waals surface area contributed by atoms with E-state index in [1.807, 2.05) is 25.1 Å². The van der Waals surface area contributed by atoms with E-state index in [9.17, 15) is 10.1 Å². The number of rotatable bonds is 5. The minimum Gasteiger partial charge on any atom is -0.305 e. The van der Waals surface area contributed by atoms with E-state index in [4.69, 9.17) is 11.6 Å². The second-order valence-corrected chi connectivity index (χ2v) is 4.81. The van der Waals surface area contributed by atoms with Gasteiger partial charge in [0.05, 0.1) is 10.6 Å². The highest BCUT2D eigenvalue weighted by molar-refractivity contribution is 6.32. The molecular weight excluding hydrogens is 278 g/mol. The number of nitro groups is 1. The predicted molar refractivity (Wildman–Crippen MR) is 77.6 cm³/mol. The zero-order chi connectivity index (χ0) is 14.5. The van der Waals surface area contributed by atoms with Gasteiger partial charge in [0.25, 0.3) is 5.69 Å². The van der Waals surface area contributed by atoms with Crippen LogP contribution in [0.2, 0.25) is 5.02 Å². The monoisotopic (exact) mass is 291 g/mol. The van der Waals surface area contributed by atoms with Crippen LogP contribution in [-0.2, 0) is 6.54 Å². The Morgan fingerprint density at radius 1 is 1.40 bits per heavy atom. The van der Waals surface area contributed by atoms with Gasteiger partial charge in [-0.1, -0.05) is 23.7 Å². The molecule has 20 heavy (non-hydrogen) atoms. The molecule has 0 aliphatic heterocycles. The fraction of sp³-hybridized carbons (Fsp3) is 0.214. The maximum absolute atomic E-state index is 10.8. The van der Waals surface area contributed by atoms with Crippen LogP contribution in [0.25, 0.3) is 0 Å². The Morgan fingerprint density at radius 3 is 2.85 bits per heavy atom. The van der Waals surface area contributed by atoms with E-state index >= 15 is 0 Å². The molecular formula is C14H14ClN3O2. The fourth-order valence-corrected chi connectivity index (χ4v) is 2.00. The first kappa shape index (κ1) is 14.4. The Balaban J connectivity index is 2.04. The van der Waals surface area contributed by atoms with Gasteiger partial charge in [-0.2, -0.15) is 0 Å². The summed E-state index contributed by atoms with van der Waals surface area (Å²) in [7, 11) is 0. The number of pyridine rings is 1. The number of aromatic nitrogens is 1. The van der Waals surface area contributed by atoms with Crippen molar-refractivity contribution in [3.63, 3.8) is 0 Å². The molecule has 6 heteroatoms. The van der Waals surface area contributed by atoms with Crippen LogP contribution in [0.15, 0.2) is 42.6 Å². The number of hydrogen-bond acceptors (Lipinski definition) is 4. The third kappa shape index (κ3) is 3.53. The molecule has 0 spiro atoms. The lowest BCUT2D eigenvalue weighted by atomic mass is 10.1. The van der Waals surface area contributed by atoms with Crippen molar-refractivity contribution in [2.45, 2.75) is 19.5 Å². The fourth-order valence-electron chi connectivity index (χ4n) is 1.82. The zero-order valence-electron chi connectivity index (χ0n) is 10.9. The van der Waals surface area contributed by atoms with E-state index in [0.717, 1.165) is 11.3 Å². The predicted octanol–water partition coefficient (Wildman–Crippen LogP) is 3.49. The Kier molecular flexibility index (Phi) is 4.65. The minimum atomic E-state index is -0.478. The van der Waals surface area contributed by atoms with Crippen LogP contribution in [0, 0.1) is 10.1 Å². The average Bonchev–Trinajstić information content (AvgIpc) is 2.46. The number of nitro benzene ring substituents is 1. The Labute approximate surface area is 121 Å². The van der Waals surface area contributed by atoms with Gasteiger partial charge in [0.15, 0.2) is 0 Å². The van der Waals surface area contributed by atoms with E-state index in [0.29, 0.717) is 6.54 Å². The molecule has 1 unspecified atom stereocenters. The second-order valence-electron chi connectivity index (χ2n) is 4.40. The Bertz CT molecular complexity index is 605. The van der Waals surface area contributed by atoms with Gasteiger partial charge >= 0.3 is 0 Å². The lowest BCUT2D eigenvalue weighted by molar-refractivity contribution is -0.384. The van der Waals surface area contributed by atoms with Gasteiger partial charge in [0.1, 0.15) is 5.02 Å². The summed E-state index contributed by atoms with van der Waals surface area (Å²) < 4.78 is 0. The van der Waals surface area contributed by atoms with E-state index in [1.165, 1.54) is 6.07 Å². The zero-order valence-corrected chi connectivity index (χ0v) is 11.7. The first-order chi connectivity index (χ1) is 9.58. The minimum absolute atomic E-state index is 0.0611. The van der Waals surface area contributed by atoms with E-state index in [1.54, 1.807) is 18.3 Å². The molecule has 0 saturated heterocycles. The van der Waals surface area contributed by atoms with Crippen molar-refractivity contribution in [1.29, 1.82) is 0 Å². The summed E-state index contributed by atoms with van der Waals surface area (Å²) in [5, 5.41) is 14.2. The molecule has 0 radical (unpaired) electrons. The molecule has 1 aromatic heterocycles. The lowest BCUT2D eigenvalue weighted by Crippen LogP contribution is -2.19. The smallest absolute Gasteiger partial charge is 0.288 e. The summed E-state index contributed by atoms with van der Waals surface area (Å²) in [5.41, 5.74) is 1.66. The van der Waals surface area contributed by atoms with Crippen molar-refractivity contribution < 1.29 is 4.92 Å². The molecule has 0 saturated carbocycles. The molecule has 1 atom stereocenters. The Morgan fingerprint density at radius 2 is 2.20 bits per heavy atom. The summed E-state index contributed by atoms with van der Waals surface area (Å²) >= 11 is 5.78. The van der Waals surface area contributed by atoms with E-state index in [-0.39, 0.29) is 16.8 Å². The van der Waals surface area contributed by atoms with Gasteiger partial charge in [-0.25, -0.2) is 0 Å². The van der Waals surface area contributed by atoms with Gasteiger partial charge in [0.2, 0.25) is 0 Å². The standard InChI is InChI=1S/C14H14ClN3O2/c1-10(13-4-2-3-7-16-13)17-9-11-5-6-12(15)14(8-11)18(19)20/h2-8,10,17H,9H2,1H3. The first-order valence-electron chi connectivity index (χ1n) is 6.15. The summed E-state index contributed by atoms with van der Waals surface area (Å²) in [5.74, 6) is 0. The van der Waals surface area contributed by atoms with Crippen molar-refractivity contribution >= 4 is 17.3 Å². The number of halogens is 1. The van der Waals surface area contributed by atoms with Crippen LogP contribution >= 0.6 is 11.6 Å². The Hall–Kier alpha value is -1.98. The van der Waals surface area contributed by atoms with Crippen LogP contribution < -0.4 is 5.32 Å². The third-order valence-corrected chi connectivity index (χ3v) is 3.27. The summed E-state index contributed by atoms with van der Waals surface area (Å²) in [6.07, 6.45) is 1.74. The number of nitrogens with zero attached hydrogens (tertiary/aromatic N) is 2. The second kappa shape index (κ2) is 6.45. The average molecular weight is 292 g/mol. The van der Waals surface area contributed by atoms with Crippen molar-refractivity contribution in [2.24, 2.45) is 0 Å². The normalized spacial score (nSPS) is 12.1. The van der Waals surface area contributed by atoms with Gasteiger partial charge in [-0.05, 0) is 30.7 Å². The topological polar surface area (TPSA) is 68.1 Å². The largest absolute Gasteiger partial charge is 0.305 e. The van der Waals surface area contributed by atoms with Crippen molar-refractivity contribution in [2.75, 3.05) is 0 Å². The highest BCUT2D eigenvalue weighted by Gasteiger charge is 2.13. The molecule has 104 valence electrons. The number of benzene rings is 1. The van der Waals surface area contributed by atoms with Crippen LogP contribution in [0.5, 0.6) is 0 Å². The van der Waals surface area contributed by atoms with E-state index in [2.05, 4.69) is 10.3 Å². The van der Waals surface area contributed by atoms with Gasteiger partial charge in [-0.15, -0.1) is 0 Å².